The summed E-state index contributed by atoms with van der Waals surface area (Å²) in [6.45, 7) is 6.42. The summed E-state index contributed by atoms with van der Waals surface area (Å²) in [7, 11) is 0. The van der Waals surface area contributed by atoms with Gasteiger partial charge in [0.25, 0.3) is 0 Å². The minimum absolute atomic E-state index is 0.110. The standard InChI is InChI=1S/C17H19Cl2N5O/c1-11-7-16(24-5-3-23(4-6-24)12(2)25)22-17(20-11)21-15-9-13(18)8-14(19)10-15/h7-10H,3-6H2,1-2H3,(H,20,21,22). The first-order valence-corrected chi connectivity index (χ1v) is 8.75. The molecule has 1 amide bonds. The van der Waals surface area contributed by atoms with Crippen LogP contribution in [0, 0.1) is 6.92 Å². The van der Waals surface area contributed by atoms with Crippen LogP contribution in [-0.4, -0.2) is 47.0 Å². The molecule has 2 heterocycles. The van der Waals surface area contributed by atoms with Crippen molar-refractivity contribution in [2.24, 2.45) is 0 Å². The smallest absolute Gasteiger partial charge is 0.229 e. The number of aryl methyl sites for hydroxylation is 1. The number of halogens is 2. The van der Waals surface area contributed by atoms with E-state index in [1.807, 2.05) is 17.9 Å². The number of carbonyl (C=O) groups is 1. The number of rotatable bonds is 3. The third kappa shape index (κ3) is 4.52. The Morgan fingerprint density at radius 1 is 1.04 bits per heavy atom. The van der Waals surface area contributed by atoms with Gasteiger partial charge in [0.2, 0.25) is 11.9 Å². The highest BCUT2D eigenvalue weighted by Gasteiger charge is 2.20. The number of aromatic nitrogens is 2. The summed E-state index contributed by atoms with van der Waals surface area (Å²) < 4.78 is 0. The molecule has 25 heavy (non-hydrogen) atoms. The Hall–Kier alpha value is -2.05. The lowest BCUT2D eigenvalue weighted by Gasteiger charge is -2.35. The normalized spacial score (nSPS) is 14.6. The molecule has 1 aliphatic rings. The molecule has 0 radical (unpaired) electrons. The van der Waals surface area contributed by atoms with Gasteiger partial charge in [-0.3, -0.25) is 4.79 Å². The van der Waals surface area contributed by atoms with Gasteiger partial charge in [-0.2, -0.15) is 4.98 Å². The van der Waals surface area contributed by atoms with E-state index >= 15 is 0 Å². The topological polar surface area (TPSA) is 61.4 Å². The maximum Gasteiger partial charge on any atom is 0.229 e. The zero-order valence-electron chi connectivity index (χ0n) is 14.1. The highest BCUT2D eigenvalue weighted by atomic mass is 35.5. The van der Waals surface area contributed by atoms with E-state index in [0.717, 1.165) is 30.3 Å². The van der Waals surface area contributed by atoms with E-state index in [1.165, 1.54) is 0 Å². The van der Waals surface area contributed by atoms with Crippen LogP contribution in [0.4, 0.5) is 17.5 Å². The second kappa shape index (κ2) is 7.45. The lowest BCUT2D eigenvalue weighted by atomic mass is 10.3. The van der Waals surface area contributed by atoms with Crippen LogP contribution in [0.1, 0.15) is 12.6 Å². The van der Waals surface area contributed by atoms with Gasteiger partial charge in [-0.1, -0.05) is 23.2 Å². The molecule has 6 nitrogen and oxygen atoms in total. The number of benzene rings is 1. The molecule has 1 fully saturated rings. The Balaban J connectivity index is 1.78. The van der Waals surface area contributed by atoms with Crippen LogP contribution in [0.5, 0.6) is 0 Å². The highest BCUT2D eigenvalue weighted by molar-refractivity contribution is 6.35. The number of hydrogen-bond acceptors (Lipinski definition) is 5. The lowest BCUT2D eigenvalue weighted by Crippen LogP contribution is -2.48. The fraction of sp³-hybridized carbons (Fsp3) is 0.353. The fourth-order valence-electron chi connectivity index (χ4n) is 2.78. The summed E-state index contributed by atoms with van der Waals surface area (Å²) in [5.41, 5.74) is 1.59. The Labute approximate surface area is 156 Å². The van der Waals surface area contributed by atoms with Gasteiger partial charge in [-0.15, -0.1) is 0 Å². The number of amides is 1. The number of nitrogens with zero attached hydrogens (tertiary/aromatic N) is 4. The third-order valence-corrected chi connectivity index (χ3v) is 4.44. The minimum atomic E-state index is 0.110. The van der Waals surface area contributed by atoms with Crippen molar-refractivity contribution >= 4 is 46.6 Å². The van der Waals surface area contributed by atoms with Crippen molar-refractivity contribution in [1.82, 2.24) is 14.9 Å². The first kappa shape index (κ1) is 17.8. The predicted molar refractivity (Wildman–Crippen MR) is 101 cm³/mol. The number of piperazine rings is 1. The van der Waals surface area contributed by atoms with E-state index in [1.54, 1.807) is 25.1 Å². The van der Waals surface area contributed by atoms with Crippen LogP contribution in [0.3, 0.4) is 0 Å². The molecule has 1 aromatic carbocycles. The second-order valence-corrected chi connectivity index (χ2v) is 6.84. The van der Waals surface area contributed by atoms with Gasteiger partial charge in [0, 0.05) is 60.6 Å². The van der Waals surface area contributed by atoms with Crippen LogP contribution in [0.2, 0.25) is 10.0 Å². The minimum Gasteiger partial charge on any atom is -0.353 e. The SMILES string of the molecule is CC(=O)N1CCN(c2cc(C)nc(Nc3cc(Cl)cc(Cl)c3)n2)CC1. The Kier molecular flexibility index (Phi) is 5.30. The maximum absolute atomic E-state index is 11.5. The number of anilines is 3. The zero-order chi connectivity index (χ0) is 18.0. The molecular formula is C17H19Cl2N5O. The number of nitrogens with one attached hydrogen (secondary N) is 1. The molecule has 1 aliphatic heterocycles. The van der Waals surface area contributed by atoms with Crippen LogP contribution in [0.25, 0.3) is 0 Å². The monoisotopic (exact) mass is 379 g/mol. The predicted octanol–water partition coefficient (Wildman–Crippen LogP) is 3.50. The summed E-state index contributed by atoms with van der Waals surface area (Å²) in [5.74, 6) is 1.44. The van der Waals surface area contributed by atoms with E-state index in [-0.39, 0.29) is 5.91 Å². The van der Waals surface area contributed by atoms with E-state index in [4.69, 9.17) is 23.2 Å². The number of carbonyl (C=O) groups excluding carboxylic acids is 1. The molecule has 0 saturated carbocycles. The third-order valence-electron chi connectivity index (χ3n) is 4.01. The van der Waals surface area contributed by atoms with Gasteiger partial charge in [-0.25, -0.2) is 4.98 Å². The van der Waals surface area contributed by atoms with Gasteiger partial charge in [-0.05, 0) is 25.1 Å². The molecule has 0 aliphatic carbocycles. The Bertz CT molecular complexity index is 770. The van der Waals surface area contributed by atoms with Crippen LogP contribution >= 0.6 is 23.2 Å². The average molecular weight is 380 g/mol. The Morgan fingerprint density at radius 3 is 2.28 bits per heavy atom. The summed E-state index contributed by atoms with van der Waals surface area (Å²) in [6.07, 6.45) is 0. The lowest BCUT2D eigenvalue weighted by molar-refractivity contribution is -0.129. The quantitative estimate of drug-likeness (QED) is 0.883. The molecule has 3 rings (SSSR count). The first-order valence-electron chi connectivity index (χ1n) is 8.00. The van der Waals surface area contributed by atoms with Crippen LogP contribution in [0.15, 0.2) is 24.3 Å². The molecule has 2 aromatic rings. The van der Waals surface area contributed by atoms with Crippen molar-refractivity contribution in [3.8, 4) is 0 Å². The van der Waals surface area contributed by atoms with Crippen molar-refractivity contribution in [2.75, 3.05) is 36.4 Å². The van der Waals surface area contributed by atoms with E-state index < -0.39 is 0 Å². The molecule has 1 N–H and O–H groups in total. The molecule has 0 spiro atoms. The molecule has 0 atom stereocenters. The van der Waals surface area contributed by atoms with Crippen molar-refractivity contribution in [3.05, 3.63) is 40.0 Å². The molecular weight excluding hydrogens is 361 g/mol. The van der Waals surface area contributed by atoms with E-state index in [0.29, 0.717) is 29.1 Å². The number of hydrogen-bond donors (Lipinski definition) is 1. The highest BCUT2D eigenvalue weighted by Crippen LogP contribution is 2.25. The molecule has 8 heteroatoms. The van der Waals surface area contributed by atoms with Crippen LogP contribution < -0.4 is 10.2 Å². The second-order valence-electron chi connectivity index (χ2n) is 5.97. The fourth-order valence-corrected chi connectivity index (χ4v) is 3.30. The van der Waals surface area contributed by atoms with Crippen molar-refractivity contribution in [1.29, 1.82) is 0 Å². The average Bonchev–Trinajstić information content (AvgIpc) is 2.53. The van der Waals surface area contributed by atoms with Crippen molar-refractivity contribution < 1.29 is 4.79 Å². The molecule has 0 bridgehead atoms. The van der Waals surface area contributed by atoms with Crippen molar-refractivity contribution in [2.45, 2.75) is 13.8 Å². The van der Waals surface area contributed by atoms with Gasteiger partial charge in [0.05, 0.1) is 0 Å². The van der Waals surface area contributed by atoms with Gasteiger partial charge < -0.3 is 15.1 Å². The summed E-state index contributed by atoms with van der Waals surface area (Å²) in [5, 5.41) is 4.24. The maximum atomic E-state index is 11.5. The summed E-state index contributed by atoms with van der Waals surface area (Å²) >= 11 is 12.1. The molecule has 1 saturated heterocycles. The van der Waals surface area contributed by atoms with E-state index in [9.17, 15) is 4.79 Å². The Morgan fingerprint density at radius 2 is 1.68 bits per heavy atom. The van der Waals surface area contributed by atoms with Gasteiger partial charge in [0.1, 0.15) is 5.82 Å². The summed E-state index contributed by atoms with van der Waals surface area (Å²) in [4.78, 5) is 24.5. The van der Waals surface area contributed by atoms with Gasteiger partial charge in [0.15, 0.2) is 0 Å². The largest absolute Gasteiger partial charge is 0.353 e. The van der Waals surface area contributed by atoms with E-state index in [2.05, 4.69) is 20.2 Å². The molecule has 0 unspecified atom stereocenters. The zero-order valence-corrected chi connectivity index (χ0v) is 15.6. The molecule has 132 valence electrons. The molecule has 1 aromatic heterocycles. The summed E-state index contributed by atoms with van der Waals surface area (Å²) in [6, 6.07) is 7.15. The first-order chi connectivity index (χ1) is 11.9. The van der Waals surface area contributed by atoms with Crippen molar-refractivity contribution in [3.63, 3.8) is 0 Å². The van der Waals surface area contributed by atoms with Gasteiger partial charge >= 0.3 is 0 Å². The van der Waals surface area contributed by atoms with Crippen LogP contribution in [-0.2, 0) is 4.79 Å².